The maximum Gasteiger partial charge on any atom is 0.181 e. The summed E-state index contributed by atoms with van der Waals surface area (Å²) in [6.45, 7) is 0. The Labute approximate surface area is 84.5 Å². The second-order valence-electron chi connectivity index (χ2n) is 3.81. The quantitative estimate of drug-likeness (QED) is 0.746. The molecule has 1 atom stereocenters. The van der Waals surface area contributed by atoms with E-state index in [0.717, 1.165) is 18.4 Å². The van der Waals surface area contributed by atoms with Crippen molar-refractivity contribution in [3.05, 3.63) is 35.9 Å². The van der Waals surface area contributed by atoms with E-state index in [1.54, 1.807) is 0 Å². The van der Waals surface area contributed by atoms with Crippen LogP contribution in [0.25, 0.3) is 0 Å². The number of hydrogen-bond donors (Lipinski definition) is 1. The third kappa shape index (κ3) is 2.34. The zero-order chi connectivity index (χ0) is 9.80. The third-order valence-electron chi connectivity index (χ3n) is 2.71. The first-order valence-corrected chi connectivity index (χ1v) is 5.25. The zero-order valence-electron chi connectivity index (χ0n) is 8.23. The summed E-state index contributed by atoms with van der Waals surface area (Å²) in [5.41, 5.74) is 0.847. The van der Waals surface area contributed by atoms with E-state index in [1.165, 1.54) is 12.8 Å². The van der Waals surface area contributed by atoms with Gasteiger partial charge in [-0.1, -0.05) is 43.2 Å². The van der Waals surface area contributed by atoms with Crippen LogP contribution in [0.5, 0.6) is 0 Å². The molecular formula is C12H16O2. The summed E-state index contributed by atoms with van der Waals surface area (Å²) in [6, 6.07) is 9.54. The fraction of sp³-hybridized carbons (Fsp3) is 0.500. The predicted molar refractivity (Wildman–Crippen MR) is 54.7 cm³/mol. The standard InChI is InChI=1S/C12H16O2/c13-12(10-6-2-1-3-7-10)14-11-8-4-5-9-11/h1-3,6-7,11-13H,4-5,8-9H2. The molecule has 1 aromatic rings. The van der Waals surface area contributed by atoms with Gasteiger partial charge in [0.1, 0.15) is 0 Å². The van der Waals surface area contributed by atoms with Gasteiger partial charge in [0.25, 0.3) is 0 Å². The Morgan fingerprint density at radius 1 is 1.14 bits per heavy atom. The molecule has 14 heavy (non-hydrogen) atoms. The molecule has 2 heteroatoms. The molecule has 76 valence electrons. The molecule has 0 radical (unpaired) electrons. The van der Waals surface area contributed by atoms with Gasteiger partial charge in [0, 0.05) is 5.56 Å². The number of rotatable bonds is 3. The van der Waals surface area contributed by atoms with Crippen LogP contribution in [0.3, 0.4) is 0 Å². The van der Waals surface area contributed by atoms with Crippen molar-refractivity contribution in [1.82, 2.24) is 0 Å². The Hall–Kier alpha value is -0.860. The van der Waals surface area contributed by atoms with E-state index in [9.17, 15) is 5.11 Å². The minimum atomic E-state index is -0.751. The highest BCUT2D eigenvalue weighted by Crippen LogP contribution is 2.26. The van der Waals surface area contributed by atoms with E-state index < -0.39 is 6.29 Å². The number of hydrogen-bond acceptors (Lipinski definition) is 2. The highest BCUT2D eigenvalue weighted by molar-refractivity contribution is 5.15. The summed E-state index contributed by atoms with van der Waals surface area (Å²) in [6.07, 6.45) is 4.14. The molecule has 2 rings (SSSR count). The Balaban J connectivity index is 1.92. The topological polar surface area (TPSA) is 29.5 Å². The van der Waals surface area contributed by atoms with Crippen molar-refractivity contribution in [2.24, 2.45) is 0 Å². The molecule has 0 saturated heterocycles. The molecule has 1 unspecified atom stereocenters. The van der Waals surface area contributed by atoms with Gasteiger partial charge in [0.2, 0.25) is 0 Å². The van der Waals surface area contributed by atoms with Crippen LogP contribution < -0.4 is 0 Å². The van der Waals surface area contributed by atoms with Crippen molar-refractivity contribution in [1.29, 1.82) is 0 Å². The first-order valence-electron chi connectivity index (χ1n) is 5.25. The summed E-state index contributed by atoms with van der Waals surface area (Å²) < 4.78 is 5.55. The molecule has 0 aromatic heterocycles. The van der Waals surface area contributed by atoms with Crippen LogP contribution in [-0.4, -0.2) is 11.2 Å². The minimum Gasteiger partial charge on any atom is -0.364 e. The predicted octanol–water partition coefficient (Wildman–Crippen LogP) is 2.64. The first kappa shape index (κ1) is 9.69. The average Bonchev–Trinajstić information content (AvgIpc) is 2.72. The van der Waals surface area contributed by atoms with Gasteiger partial charge < -0.3 is 9.84 Å². The Morgan fingerprint density at radius 2 is 1.79 bits per heavy atom. The van der Waals surface area contributed by atoms with E-state index in [-0.39, 0.29) is 6.10 Å². The number of benzene rings is 1. The van der Waals surface area contributed by atoms with Crippen molar-refractivity contribution in [3.8, 4) is 0 Å². The lowest BCUT2D eigenvalue weighted by atomic mass is 10.2. The van der Waals surface area contributed by atoms with Gasteiger partial charge in [-0.2, -0.15) is 0 Å². The molecule has 1 saturated carbocycles. The van der Waals surface area contributed by atoms with Crippen LogP contribution in [-0.2, 0) is 4.74 Å². The molecule has 1 aliphatic carbocycles. The van der Waals surface area contributed by atoms with Crippen molar-refractivity contribution in [2.45, 2.75) is 38.1 Å². The highest BCUT2D eigenvalue weighted by atomic mass is 16.6. The second-order valence-corrected chi connectivity index (χ2v) is 3.81. The van der Waals surface area contributed by atoms with E-state index in [4.69, 9.17) is 4.74 Å². The van der Waals surface area contributed by atoms with Crippen molar-refractivity contribution in [3.63, 3.8) is 0 Å². The lowest BCUT2D eigenvalue weighted by molar-refractivity contribution is -0.137. The molecule has 0 heterocycles. The fourth-order valence-corrected chi connectivity index (χ4v) is 1.90. The average molecular weight is 192 g/mol. The zero-order valence-corrected chi connectivity index (χ0v) is 8.23. The summed E-state index contributed by atoms with van der Waals surface area (Å²) >= 11 is 0. The van der Waals surface area contributed by atoms with Crippen LogP contribution in [0.15, 0.2) is 30.3 Å². The van der Waals surface area contributed by atoms with Gasteiger partial charge in [-0.15, -0.1) is 0 Å². The first-order chi connectivity index (χ1) is 6.86. The summed E-state index contributed by atoms with van der Waals surface area (Å²) in [4.78, 5) is 0. The van der Waals surface area contributed by atoms with Gasteiger partial charge in [-0.25, -0.2) is 0 Å². The molecule has 1 N–H and O–H groups in total. The molecular weight excluding hydrogens is 176 g/mol. The molecule has 0 aliphatic heterocycles. The van der Waals surface area contributed by atoms with E-state index >= 15 is 0 Å². The number of aliphatic hydroxyl groups is 1. The van der Waals surface area contributed by atoms with Gasteiger partial charge >= 0.3 is 0 Å². The smallest absolute Gasteiger partial charge is 0.181 e. The maximum atomic E-state index is 9.76. The molecule has 2 nitrogen and oxygen atoms in total. The molecule has 1 aromatic carbocycles. The minimum absolute atomic E-state index is 0.255. The van der Waals surface area contributed by atoms with Crippen LogP contribution in [0.2, 0.25) is 0 Å². The van der Waals surface area contributed by atoms with Crippen molar-refractivity contribution < 1.29 is 9.84 Å². The molecule has 1 aliphatic rings. The number of ether oxygens (including phenoxy) is 1. The van der Waals surface area contributed by atoms with E-state index in [0.29, 0.717) is 0 Å². The lowest BCUT2D eigenvalue weighted by Crippen LogP contribution is -2.12. The van der Waals surface area contributed by atoms with Crippen LogP contribution >= 0.6 is 0 Å². The summed E-state index contributed by atoms with van der Waals surface area (Å²) in [5.74, 6) is 0. The molecule has 0 bridgehead atoms. The van der Waals surface area contributed by atoms with Gasteiger partial charge in [-0.3, -0.25) is 0 Å². The summed E-state index contributed by atoms with van der Waals surface area (Å²) in [5, 5.41) is 9.76. The largest absolute Gasteiger partial charge is 0.364 e. The van der Waals surface area contributed by atoms with Gasteiger partial charge in [0.15, 0.2) is 6.29 Å². The maximum absolute atomic E-state index is 9.76. The van der Waals surface area contributed by atoms with E-state index in [2.05, 4.69) is 0 Å². The van der Waals surface area contributed by atoms with E-state index in [1.807, 2.05) is 30.3 Å². The number of aliphatic hydroxyl groups excluding tert-OH is 1. The van der Waals surface area contributed by atoms with Crippen molar-refractivity contribution >= 4 is 0 Å². The second kappa shape index (κ2) is 4.58. The van der Waals surface area contributed by atoms with Crippen LogP contribution in [0, 0.1) is 0 Å². The Kier molecular flexibility index (Phi) is 3.17. The summed E-state index contributed by atoms with van der Waals surface area (Å²) in [7, 11) is 0. The molecule has 1 fully saturated rings. The lowest BCUT2D eigenvalue weighted by Gasteiger charge is -2.17. The van der Waals surface area contributed by atoms with Gasteiger partial charge in [-0.05, 0) is 12.8 Å². The van der Waals surface area contributed by atoms with Crippen LogP contribution in [0.1, 0.15) is 37.5 Å². The SMILES string of the molecule is OC(OC1CCCC1)c1ccccc1. The normalized spacial score (nSPS) is 19.8. The Morgan fingerprint density at radius 3 is 2.43 bits per heavy atom. The highest BCUT2D eigenvalue weighted by Gasteiger charge is 2.19. The Bertz CT molecular complexity index is 265. The van der Waals surface area contributed by atoms with Crippen molar-refractivity contribution in [2.75, 3.05) is 0 Å². The monoisotopic (exact) mass is 192 g/mol. The molecule has 0 amide bonds. The van der Waals surface area contributed by atoms with Crippen LogP contribution in [0.4, 0.5) is 0 Å². The molecule has 0 spiro atoms. The third-order valence-corrected chi connectivity index (χ3v) is 2.71. The fourth-order valence-electron chi connectivity index (χ4n) is 1.90. The van der Waals surface area contributed by atoms with Gasteiger partial charge in [0.05, 0.1) is 6.10 Å².